The van der Waals surface area contributed by atoms with E-state index in [9.17, 15) is 18.3 Å². The van der Waals surface area contributed by atoms with Crippen molar-refractivity contribution < 1.29 is 18.3 Å². The number of aliphatic hydroxyl groups excluding tert-OH is 1. The Balaban J connectivity index is 1.63. The summed E-state index contributed by atoms with van der Waals surface area (Å²) in [5.41, 5.74) is 1.03. The van der Waals surface area contributed by atoms with Crippen molar-refractivity contribution in [3.63, 3.8) is 0 Å². The van der Waals surface area contributed by atoms with Gasteiger partial charge in [0, 0.05) is 50.9 Å². The topological polar surface area (TPSA) is 26.7 Å². The lowest BCUT2D eigenvalue weighted by Crippen LogP contribution is -2.53. The summed E-state index contributed by atoms with van der Waals surface area (Å²) >= 11 is 0. The number of rotatable bonds is 7. The van der Waals surface area contributed by atoms with Crippen molar-refractivity contribution in [2.45, 2.75) is 25.4 Å². The van der Waals surface area contributed by atoms with Crippen LogP contribution in [0.4, 0.5) is 13.2 Å². The van der Waals surface area contributed by atoms with Gasteiger partial charge in [0.2, 0.25) is 0 Å². The van der Waals surface area contributed by atoms with Gasteiger partial charge in [-0.05, 0) is 30.5 Å². The molecule has 27 heavy (non-hydrogen) atoms. The highest BCUT2D eigenvalue weighted by Crippen LogP contribution is 2.21. The van der Waals surface area contributed by atoms with Gasteiger partial charge < -0.3 is 5.11 Å². The van der Waals surface area contributed by atoms with E-state index < -0.39 is 17.5 Å². The fourth-order valence-electron chi connectivity index (χ4n) is 3.67. The summed E-state index contributed by atoms with van der Waals surface area (Å²) < 4.78 is 41.3. The summed E-state index contributed by atoms with van der Waals surface area (Å²) in [5.74, 6) is -2.86. The molecule has 1 fully saturated rings. The van der Waals surface area contributed by atoms with Crippen molar-refractivity contribution in [2.24, 2.45) is 0 Å². The first-order chi connectivity index (χ1) is 13.1. The monoisotopic (exact) mass is 378 g/mol. The van der Waals surface area contributed by atoms with Gasteiger partial charge in [-0.1, -0.05) is 30.3 Å². The van der Waals surface area contributed by atoms with Crippen molar-refractivity contribution in [1.82, 2.24) is 9.80 Å². The molecule has 1 saturated heterocycles. The van der Waals surface area contributed by atoms with Crippen molar-refractivity contribution in [3.05, 3.63) is 71.0 Å². The van der Waals surface area contributed by atoms with Crippen molar-refractivity contribution in [3.8, 4) is 0 Å². The highest BCUT2D eigenvalue weighted by Gasteiger charge is 2.28. The summed E-state index contributed by atoms with van der Waals surface area (Å²) in [6.07, 6.45) is 1.51. The van der Waals surface area contributed by atoms with Gasteiger partial charge in [-0.15, -0.1) is 0 Å². The quantitative estimate of drug-likeness (QED) is 0.750. The second-order valence-corrected chi connectivity index (χ2v) is 6.99. The van der Waals surface area contributed by atoms with E-state index in [-0.39, 0.29) is 24.8 Å². The van der Waals surface area contributed by atoms with E-state index in [1.165, 1.54) is 5.56 Å². The van der Waals surface area contributed by atoms with E-state index in [1.54, 1.807) is 0 Å². The highest BCUT2D eigenvalue weighted by atomic mass is 19.2. The Hall–Kier alpha value is -1.89. The number of hydrogen-bond acceptors (Lipinski definition) is 3. The second-order valence-electron chi connectivity index (χ2n) is 6.99. The number of benzene rings is 2. The fraction of sp³-hybridized carbons (Fsp3) is 0.429. The van der Waals surface area contributed by atoms with Crippen LogP contribution in [0, 0.1) is 17.5 Å². The largest absolute Gasteiger partial charge is 0.396 e. The second kappa shape index (κ2) is 9.35. The maximum absolute atomic E-state index is 14.0. The first kappa shape index (κ1) is 19.9. The maximum Gasteiger partial charge on any atom is 0.166 e. The molecule has 0 radical (unpaired) electrons. The van der Waals surface area contributed by atoms with Crippen LogP contribution in [0.25, 0.3) is 0 Å². The molecule has 0 aliphatic carbocycles. The van der Waals surface area contributed by atoms with E-state index in [1.807, 2.05) is 23.1 Å². The van der Waals surface area contributed by atoms with Gasteiger partial charge in [0.05, 0.1) is 0 Å². The number of aliphatic hydroxyl groups is 1. The zero-order valence-corrected chi connectivity index (χ0v) is 15.3. The Bertz CT molecular complexity index is 742. The predicted octanol–water partition coefficient (Wildman–Crippen LogP) is 3.22. The van der Waals surface area contributed by atoms with Crippen LogP contribution in [-0.4, -0.2) is 53.7 Å². The van der Waals surface area contributed by atoms with Gasteiger partial charge in [0.15, 0.2) is 11.6 Å². The van der Waals surface area contributed by atoms with Gasteiger partial charge in [0.25, 0.3) is 0 Å². The molecule has 146 valence electrons. The lowest BCUT2D eigenvalue weighted by Gasteiger charge is -2.41. The summed E-state index contributed by atoms with van der Waals surface area (Å²) in [6.45, 7) is 2.94. The van der Waals surface area contributed by atoms with Crippen LogP contribution in [0.3, 0.4) is 0 Å². The number of halogens is 3. The first-order valence-electron chi connectivity index (χ1n) is 9.32. The molecule has 0 aromatic heterocycles. The molecule has 3 nitrogen and oxygen atoms in total. The van der Waals surface area contributed by atoms with Crippen LogP contribution >= 0.6 is 0 Å². The Morgan fingerprint density at radius 2 is 1.70 bits per heavy atom. The molecule has 0 saturated carbocycles. The molecule has 0 bridgehead atoms. The van der Waals surface area contributed by atoms with Crippen LogP contribution in [0.15, 0.2) is 42.5 Å². The van der Waals surface area contributed by atoms with E-state index in [0.29, 0.717) is 19.5 Å². The zero-order chi connectivity index (χ0) is 19.2. The Kier molecular flexibility index (Phi) is 6.88. The molecular weight excluding hydrogens is 353 g/mol. The summed E-state index contributed by atoms with van der Waals surface area (Å²) in [4.78, 5) is 4.25. The van der Waals surface area contributed by atoms with Crippen molar-refractivity contribution in [2.75, 3.05) is 32.8 Å². The maximum atomic E-state index is 14.0. The van der Waals surface area contributed by atoms with Crippen molar-refractivity contribution in [1.29, 1.82) is 0 Å². The average molecular weight is 378 g/mol. The molecule has 1 aliphatic heterocycles. The van der Waals surface area contributed by atoms with Gasteiger partial charge in [-0.25, -0.2) is 13.2 Å². The lowest BCUT2D eigenvalue weighted by molar-refractivity contribution is 0.0550. The molecule has 2 aromatic carbocycles. The molecule has 0 spiro atoms. The van der Waals surface area contributed by atoms with E-state index in [2.05, 4.69) is 17.0 Å². The molecule has 0 amide bonds. The summed E-state index contributed by atoms with van der Waals surface area (Å²) in [6, 6.07) is 12.1. The van der Waals surface area contributed by atoms with Crippen LogP contribution in [0.1, 0.15) is 17.5 Å². The molecule has 3 rings (SSSR count). The molecule has 1 heterocycles. The number of piperazine rings is 1. The minimum absolute atomic E-state index is 0.0316. The molecule has 1 N–H and O–H groups in total. The molecule has 1 unspecified atom stereocenters. The third kappa shape index (κ3) is 5.09. The van der Waals surface area contributed by atoms with E-state index in [0.717, 1.165) is 31.6 Å². The number of hydrogen-bond donors (Lipinski definition) is 1. The average Bonchev–Trinajstić information content (AvgIpc) is 2.68. The summed E-state index contributed by atoms with van der Waals surface area (Å²) in [7, 11) is 0. The van der Waals surface area contributed by atoms with Crippen LogP contribution in [0.5, 0.6) is 0 Å². The third-order valence-electron chi connectivity index (χ3n) is 5.20. The molecular formula is C21H25F3N2O. The van der Waals surface area contributed by atoms with Crippen LogP contribution < -0.4 is 0 Å². The van der Waals surface area contributed by atoms with Crippen molar-refractivity contribution >= 4 is 0 Å². The Morgan fingerprint density at radius 3 is 2.44 bits per heavy atom. The highest BCUT2D eigenvalue weighted by molar-refractivity contribution is 5.21. The Labute approximate surface area is 158 Å². The van der Waals surface area contributed by atoms with Crippen LogP contribution in [-0.2, 0) is 13.0 Å². The van der Waals surface area contributed by atoms with Gasteiger partial charge in [0.1, 0.15) is 5.82 Å². The SMILES string of the molecule is OCCC1CN(Cc2c(F)ccc(F)c2F)CCN1CCc1ccccc1. The first-order valence-corrected chi connectivity index (χ1v) is 9.32. The zero-order valence-electron chi connectivity index (χ0n) is 15.3. The Morgan fingerprint density at radius 1 is 0.963 bits per heavy atom. The minimum atomic E-state index is -1.11. The lowest BCUT2D eigenvalue weighted by atomic mass is 10.1. The molecule has 1 atom stereocenters. The molecule has 6 heteroatoms. The molecule has 2 aromatic rings. The van der Waals surface area contributed by atoms with E-state index in [4.69, 9.17) is 0 Å². The van der Waals surface area contributed by atoms with Crippen LogP contribution in [0.2, 0.25) is 0 Å². The predicted molar refractivity (Wildman–Crippen MR) is 98.8 cm³/mol. The standard InChI is InChI=1S/C21H25F3N2O/c22-19-6-7-20(23)21(24)18(19)15-25-11-12-26(17(14-25)9-13-27)10-8-16-4-2-1-3-5-16/h1-7,17,27H,8-15H2. The third-order valence-corrected chi connectivity index (χ3v) is 5.20. The van der Waals surface area contributed by atoms with E-state index >= 15 is 0 Å². The van der Waals surface area contributed by atoms with Gasteiger partial charge in [-0.2, -0.15) is 0 Å². The minimum Gasteiger partial charge on any atom is -0.396 e. The normalized spacial score (nSPS) is 18.7. The summed E-state index contributed by atoms with van der Waals surface area (Å²) in [5, 5.41) is 9.41. The van der Waals surface area contributed by atoms with Gasteiger partial charge >= 0.3 is 0 Å². The molecule has 1 aliphatic rings. The smallest absolute Gasteiger partial charge is 0.166 e. The van der Waals surface area contributed by atoms with Gasteiger partial charge in [-0.3, -0.25) is 9.80 Å². The number of nitrogens with zero attached hydrogens (tertiary/aromatic N) is 2. The fourth-order valence-corrected chi connectivity index (χ4v) is 3.67.